The monoisotopic (exact) mass is 291 g/mol. The quantitative estimate of drug-likeness (QED) is 0.238. The third-order valence-electron chi connectivity index (χ3n) is 1.45. The lowest BCUT2D eigenvalue weighted by atomic mass is 10.6. The van der Waals surface area contributed by atoms with E-state index in [4.69, 9.17) is 15.6 Å². The van der Waals surface area contributed by atoms with Gasteiger partial charge in [-0.15, -0.1) is 0 Å². The summed E-state index contributed by atoms with van der Waals surface area (Å²) in [6.45, 7) is -2.54. The second-order valence-electron chi connectivity index (χ2n) is 3.24. The van der Waals surface area contributed by atoms with Gasteiger partial charge in [0.15, 0.2) is 0 Å². The first kappa shape index (κ1) is 17.5. The van der Waals surface area contributed by atoms with Crippen molar-refractivity contribution in [3.63, 3.8) is 0 Å². The van der Waals surface area contributed by atoms with E-state index in [1.807, 2.05) is 10.6 Å². The summed E-state index contributed by atoms with van der Waals surface area (Å²) in [5.74, 6) is -4.84. The number of ether oxygens (including phenoxy) is 2. The summed E-state index contributed by atoms with van der Waals surface area (Å²) in [6.07, 6.45) is 0. The van der Waals surface area contributed by atoms with Crippen molar-refractivity contribution in [2.24, 2.45) is 0 Å². The van der Waals surface area contributed by atoms with E-state index in [9.17, 15) is 19.2 Å². The molecule has 0 radical (unpaired) electrons. The number of hydrogen-bond acceptors (Lipinski definition) is 7. The van der Waals surface area contributed by atoms with Crippen molar-refractivity contribution in [3.05, 3.63) is 0 Å². The number of carbonyl (C=O) groups excluding carboxylic acids is 2. The molecule has 0 heterocycles. The number of nitrogens with one attached hydrogen (secondary N) is 3. The summed E-state index contributed by atoms with van der Waals surface area (Å²) in [6, 6.07) is 0. The van der Waals surface area contributed by atoms with Gasteiger partial charge in [0.25, 0.3) is 11.8 Å². The molecular weight excluding hydrogens is 278 g/mol. The molecule has 112 valence electrons. The van der Waals surface area contributed by atoms with Crippen LogP contribution in [0, 0.1) is 5.41 Å². The van der Waals surface area contributed by atoms with Crippen LogP contribution in [0.4, 0.5) is 0 Å². The minimum absolute atomic E-state index is 0.597. The molecule has 0 unspecified atom stereocenters. The molecule has 0 fully saturated rings. The summed E-state index contributed by atoms with van der Waals surface area (Å²) < 4.78 is 8.89. The third kappa shape index (κ3) is 10.6. The lowest BCUT2D eigenvalue weighted by molar-refractivity contribution is -0.144. The first-order chi connectivity index (χ1) is 9.31. The Kier molecular flexibility index (Phi) is 8.22. The molecule has 11 nitrogen and oxygen atoms in total. The molecule has 0 rings (SSSR count). The average Bonchev–Trinajstić information content (AvgIpc) is 2.26. The predicted molar refractivity (Wildman–Crippen MR) is 60.9 cm³/mol. The van der Waals surface area contributed by atoms with Crippen LogP contribution in [-0.2, 0) is 28.7 Å². The molecule has 2 amide bonds. The molecule has 0 aromatic carbocycles. The number of carboxylic acid groups (broad SMARTS) is 2. The number of rotatable bonds is 8. The van der Waals surface area contributed by atoms with Gasteiger partial charge in [0.2, 0.25) is 5.96 Å². The van der Waals surface area contributed by atoms with Crippen LogP contribution in [0.25, 0.3) is 0 Å². The molecule has 0 bridgehead atoms. The zero-order chi connectivity index (χ0) is 15.5. The van der Waals surface area contributed by atoms with Gasteiger partial charge < -0.3 is 19.7 Å². The molecule has 0 spiro atoms. The smallest absolute Gasteiger partial charge is 0.329 e. The van der Waals surface area contributed by atoms with E-state index >= 15 is 0 Å². The molecule has 0 atom stereocenters. The normalized spacial score (nSPS) is 9.60. The third-order valence-corrected chi connectivity index (χ3v) is 1.45. The van der Waals surface area contributed by atoms with Crippen LogP contribution in [-0.4, -0.2) is 66.4 Å². The summed E-state index contributed by atoms with van der Waals surface area (Å²) in [5.41, 5.74) is 0. The van der Waals surface area contributed by atoms with Crippen molar-refractivity contribution < 1.29 is 38.9 Å². The van der Waals surface area contributed by atoms with Gasteiger partial charge in [-0.3, -0.25) is 25.6 Å². The Balaban J connectivity index is 3.80. The van der Waals surface area contributed by atoms with E-state index in [0.29, 0.717) is 0 Å². The van der Waals surface area contributed by atoms with Crippen molar-refractivity contribution in [2.75, 3.05) is 26.4 Å². The molecule has 0 saturated heterocycles. The average molecular weight is 291 g/mol. The summed E-state index contributed by atoms with van der Waals surface area (Å²) in [4.78, 5) is 42.3. The Morgan fingerprint density at radius 1 is 0.800 bits per heavy atom. The van der Waals surface area contributed by atoms with Crippen LogP contribution in [0.15, 0.2) is 0 Å². The van der Waals surface area contributed by atoms with E-state index in [2.05, 4.69) is 9.47 Å². The van der Waals surface area contributed by atoms with Gasteiger partial charge >= 0.3 is 11.9 Å². The van der Waals surface area contributed by atoms with Crippen molar-refractivity contribution >= 4 is 29.7 Å². The van der Waals surface area contributed by atoms with Crippen LogP contribution < -0.4 is 10.6 Å². The topological polar surface area (TPSA) is 175 Å². The number of guanidine groups is 1. The lowest BCUT2D eigenvalue weighted by Gasteiger charge is -2.08. The first-order valence-corrected chi connectivity index (χ1v) is 5.08. The Hall–Kier alpha value is -2.53. The molecule has 0 saturated carbocycles. The minimum atomic E-state index is -1.25. The van der Waals surface area contributed by atoms with Crippen molar-refractivity contribution in [1.82, 2.24) is 10.6 Å². The van der Waals surface area contributed by atoms with Crippen LogP contribution in [0.1, 0.15) is 0 Å². The molecule has 0 aliphatic carbocycles. The van der Waals surface area contributed by atoms with Crippen molar-refractivity contribution in [3.8, 4) is 0 Å². The molecular formula is C9H13N3O8. The highest BCUT2D eigenvalue weighted by molar-refractivity contribution is 6.03. The highest BCUT2D eigenvalue weighted by atomic mass is 16.5. The maximum atomic E-state index is 11.1. The van der Waals surface area contributed by atoms with Crippen LogP contribution >= 0.6 is 0 Å². The highest BCUT2D eigenvalue weighted by Crippen LogP contribution is 1.78. The zero-order valence-electron chi connectivity index (χ0n) is 10.2. The lowest BCUT2D eigenvalue weighted by Crippen LogP contribution is -2.45. The van der Waals surface area contributed by atoms with Gasteiger partial charge in [-0.25, -0.2) is 9.59 Å². The largest absolute Gasteiger partial charge is 0.480 e. The number of carbonyl (C=O) groups is 4. The molecule has 20 heavy (non-hydrogen) atoms. The molecule has 0 aliphatic heterocycles. The first-order valence-electron chi connectivity index (χ1n) is 5.08. The number of aliphatic carboxylic acids is 2. The Morgan fingerprint density at radius 2 is 1.15 bits per heavy atom. The van der Waals surface area contributed by atoms with Crippen molar-refractivity contribution in [1.29, 1.82) is 5.41 Å². The standard InChI is InChI=1S/C9H13N3O8/c10-9(11-5(13)1-19-3-7(15)16)12-6(14)2-20-4-8(17)18/h1-4H2,(H,15,16)(H,17,18)(H3,10,11,12,13,14). The fourth-order valence-corrected chi connectivity index (χ4v) is 0.844. The Labute approximate surface area is 112 Å². The summed E-state index contributed by atoms with van der Waals surface area (Å²) in [5, 5.41) is 27.5. The van der Waals surface area contributed by atoms with Crippen LogP contribution in [0.2, 0.25) is 0 Å². The van der Waals surface area contributed by atoms with E-state index in [1.165, 1.54) is 0 Å². The minimum Gasteiger partial charge on any atom is -0.480 e. The Morgan fingerprint density at radius 3 is 1.45 bits per heavy atom. The molecule has 0 aromatic rings. The second kappa shape index (κ2) is 9.41. The zero-order valence-corrected chi connectivity index (χ0v) is 10.2. The van der Waals surface area contributed by atoms with Gasteiger partial charge in [0, 0.05) is 0 Å². The SMILES string of the molecule is N=C(NC(=O)COCC(=O)O)NC(=O)COCC(=O)O. The van der Waals surface area contributed by atoms with E-state index < -0.39 is 56.1 Å². The van der Waals surface area contributed by atoms with Gasteiger partial charge in [-0.1, -0.05) is 0 Å². The maximum Gasteiger partial charge on any atom is 0.329 e. The predicted octanol–water partition coefficient (Wildman–Crippen LogP) is -2.64. The van der Waals surface area contributed by atoms with Gasteiger partial charge in [0.05, 0.1) is 0 Å². The number of hydrogen-bond donors (Lipinski definition) is 5. The van der Waals surface area contributed by atoms with Gasteiger partial charge in [-0.05, 0) is 0 Å². The number of carboxylic acids is 2. The van der Waals surface area contributed by atoms with Gasteiger partial charge in [0.1, 0.15) is 26.4 Å². The fraction of sp³-hybridized carbons (Fsp3) is 0.444. The van der Waals surface area contributed by atoms with Crippen LogP contribution in [0.5, 0.6) is 0 Å². The maximum absolute atomic E-state index is 11.1. The van der Waals surface area contributed by atoms with Gasteiger partial charge in [-0.2, -0.15) is 0 Å². The molecule has 5 N–H and O–H groups in total. The highest BCUT2D eigenvalue weighted by Gasteiger charge is 2.10. The molecule has 0 aliphatic rings. The molecule has 0 aromatic heterocycles. The fourth-order valence-electron chi connectivity index (χ4n) is 0.844. The van der Waals surface area contributed by atoms with Crippen LogP contribution in [0.3, 0.4) is 0 Å². The second-order valence-corrected chi connectivity index (χ2v) is 3.24. The van der Waals surface area contributed by atoms with E-state index in [1.54, 1.807) is 0 Å². The summed E-state index contributed by atoms with van der Waals surface area (Å²) in [7, 11) is 0. The molecule has 11 heteroatoms. The summed E-state index contributed by atoms with van der Waals surface area (Å²) >= 11 is 0. The van der Waals surface area contributed by atoms with E-state index in [-0.39, 0.29) is 0 Å². The Bertz CT molecular complexity index is 372. The van der Waals surface area contributed by atoms with E-state index in [0.717, 1.165) is 0 Å². The van der Waals surface area contributed by atoms with Crippen molar-refractivity contribution in [2.45, 2.75) is 0 Å². The number of amides is 2.